The van der Waals surface area contributed by atoms with E-state index in [1.807, 2.05) is 30.3 Å². The summed E-state index contributed by atoms with van der Waals surface area (Å²) >= 11 is 0. The minimum absolute atomic E-state index is 0.176. The Morgan fingerprint density at radius 1 is 1.05 bits per heavy atom. The molecule has 0 saturated heterocycles. The minimum Gasteiger partial charge on any atom is -0.478 e. The number of carbonyl (C=O) groups is 2. The molecule has 0 aromatic heterocycles. The number of ketones is 2. The first-order valence-electron chi connectivity index (χ1n) is 6.04. The maximum absolute atomic E-state index is 12.2. The highest BCUT2D eigenvalue weighted by molar-refractivity contribution is 6.16. The number of hydrogen-bond acceptors (Lipinski definition) is 3. The normalized spacial score (nSPS) is 25.3. The number of allylic oxidation sites excluding steroid dienone is 3. The third-order valence-electron chi connectivity index (χ3n) is 3.29. The van der Waals surface area contributed by atoms with Crippen LogP contribution < -0.4 is 0 Å². The first kappa shape index (κ1) is 11.7. The van der Waals surface area contributed by atoms with Gasteiger partial charge in [-0.25, -0.2) is 0 Å². The summed E-state index contributed by atoms with van der Waals surface area (Å²) < 4.78 is 5.92. The predicted octanol–water partition coefficient (Wildman–Crippen LogP) is 2.45. The summed E-state index contributed by atoms with van der Waals surface area (Å²) in [5.41, 5.74) is 0.381. The Morgan fingerprint density at radius 2 is 1.79 bits per heavy atom. The zero-order chi connectivity index (χ0) is 13.5. The minimum atomic E-state index is -0.856. The topological polar surface area (TPSA) is 43.4 Å². The van der Waals surface area contributed by atoms with Crippen molar-refractivity contribution in [2.45, 2.75) is 12.5 Å². The van der Waals surface area contributed by atoms with E-state index < -0.39 is 5.60 Å². The van der Waals surface area contributed by atoms with Crippen LogP contribution in [0, 0.1) is 0 Å². The van der Waals surface area contributed by atoms with Gasteiger partial charge in [0.2, 0.25) is 0 Å². The van der Waals surface area contributed by atoms with Gasteiger partial charge in [0.25, 0.3) is 0 Å². The van der Waals surface area contributed by atoms with Gasteiger partial charge >= 0.3 is 0 Å². The molecular weight excluding hydrogens is 240 g/mol. The van der Waals surface area contributed by atoms with Gasteiger partial charge in [0.05, 0.1) is 5.57 Å². The van der Waals surface area contributed by atoms with E-state index in [4.69, 9.17) is 4.74 Å². The van der Waals surface area contributed by atoms with Crippen LogP contribution in [0.3, 0.4) is 0 Å². The third kappa shape index (κ3) is 1.93. The number of rotatable bonds is 1. The van der Waals surface area contributed by atoms with Crippen LogP contribution >= 0.6 is 0 Å². The van der Waals surface area contributed by atoms with Crippen molar-refractivity contribution in [1.82, 2.24) is 0 Å². The van der Waals surface area contributed by atoms with E-state index in [-0.39, 0.29) is 11.6 Å². The van der Waals surface area contributed by atoms with E-state index in [1.165, 1.54) is 18.2 Å². The van der Waals surface area contributed by atoms with Crippen LogP contribution in [0.5, 0.6) is 0 Å². The van der Waals surface area contributed by atoms with Gasteiger partial charge in [-0.3, -0.25) is 9.59 Å². The van der Waals surface area contributed by atoms with Crippen LogP contribution in [-0.2, 0) is 14.3 Å². The van der Waals surface area contributed by atoms with E-state index >= 15 is 0 Å². The molecule has 0 fully saturated rings. The van der Waals surface area contributed by atoms with Crippen molar-refractivity contribution in [3.63, 3.8) is 0 Å². The molecule has 0 radical (unpaired) electrons. The van der Waals surface area contributed by atoms with E-state index in [2.05, 4.69) is 0 Å². The number of carbonyl (C=O) groups excluding carboxylic acids is 2. The van der Waals surface area contributed by atoms with Gasteiger partial charge in [-0.15, -0.1) is 0 Å². The number of hydrogen-bond donors (Lipinski definition) is 0. The van der Waals surface area contributed by atoms with Crippen LogP contribution in [0.4, 0.5) is 0 Å². The highest BCUT2D eigenvalue weighted by Gasteiger charge is 2.39. The molecule has 3 nitrogen and oxygen atoms in total. The van der Waals surface area contributed by atoms with Crippen molar-refractivity contribution in [2.75, 3.05) is 0 Å². The fraction of sp³-hybridized carbons (Fsp3) is 0.125. The molecule has 2 aliphatic rings. The summed E-state index contributed by atoms with van der Waals surface area (Å²) in [7, 11) is 0. The Hall–Kier alpha value is -2.42. The molecule has 1 aliphatic heterocycles. The third-order valence-corrected chi connectivity index (χ3v) is 3.29. The molecule has 0 saturated carbocycles. The lowest BCUT2D eigenvalue weighted by Crippen LogP contribution is -2.37. The highest BCUT2D eigenvalue weighted by Crippen LogP contribution is 2.37. The summed E-state index contributed by atoms with van der Waals surface area (Å²) in [6, 6.07) is 9.44. The van der Waals surface area contributed by atoms with Crippen LogP contribution in [0.2, 0.25) is 0 Å². The zero-order valence-corrected chi connectivity index (χ0v) is 10.4. The van der Waals surface area contributed by atoms with Crippen LogP contribution in [-0.4, -0.2) is 17.2 Å². The zero-order valence-electron chi connectivity index (χ0n) is 10.4. The molecule has 0 spiro atoms. The predicted molar refractivity (Wildman–Crippen MR) is 71.1 cm³/mol. The second-order valence-corrected chi connectivity index (χ2v) is 4.74. The molecular formula is C16H12O3. The Morgan fingerprint density at radius 3 is 2.53 bits per heavy atom. The lowest BCUT2D eigenvalue weighted by molar-refractivity contribution is -0.115. The molecule has 1 aromatic rings. The average Bonchev–Trinajstić information content (AvgIpc) is 2.41. The molecule has 3 heteroatoms. The molecule has 0 bridgehead atoms. The summed E-state index contributed by atoms with van der Waals surface area (Å²) in [5, 5.41) is 0. The average molecular weight is 252 g/mol. The standard InChI is InChI=1S/C16H12O3/c1-16-8-7-12(17)9-13(16)14(18)10-15(19-16)11-5-3-2-4-6-11/h2-10H,1H3. The number of ether oxygens (including phenoxy) is 1. The van der Waals surface area contributed by atoms with Crippen LogP contribution in [0.1, 0.15) is 12.5 Å². The van der Waals surface area contributed by atoms with Crippen molar-refractivity contribution in [1.29, 1.82) is 0 Å². The number of fused-ring (bicyclic) bond motifs is 1. The Labute approximate surface area is 110 Å². The lowest BCUT2D eigenvalue weighted by atomic mass is 9.84. The molecule has 1 aliphatic carbocycles. The van der Waals surface area contributed by atoms with Crippen molar-refractivity contribution in [3.8, 4) is 0 Å². The molecule has 0 N–H and O–H groups in total. The quantitative estimate of drug-likeness (QED) is 0.771. The van der Waals surface area contributed by atoms with E-state index in [0.29, 0.717) is 11.3 Å². The smallest absolute Gasteiger partial charge is 0.190 e. The summed E-state index contributed by atoms with van der Waals surface area (Å²) in [6.07, 6.45) is 5.86. The molecule has 94 valence electrons. The second-order valence-electron chi connectivity index (χ2n) is 4.74. The fourth-order valence-electron chi connectivity index (χ4n) is 2.27. The van der Waals surface area contributed by atoms with Crippen molar-refractivity contribution in [3.05, 3.63) is 65.8 Å². The maximum Gasteiger partial charge on any atom is 0.190 e. The van der Waals surface area contributed by atoms with Crippen molar-refractivity contribution >= 4 is 17.3 Å². The molecule has 1 aromatic carbocycles. The summed E-state index contributed by atoms with van der Waals surface area (Å²) in [5.74, 6) is 0.176. The largest absolute Gasteiger partial charge is 0.478 e. The molecule has 19 heavy (non-hydrogen) atoms. The van der Waals surface area contributed by atoms with E-state index in [0.717, 1.165) is 5.56 Å². The van der Waals surface area contributed by atoms with Crippen molar-refractivity contribution < 1.29 is 14.3 Å². The van der Waals surface area contributed by atoms with Gasteiger partial charge in [0.15, 0.2) is 17.2 Å². The summed E-state index contributed by atoms with van der Waals surface area (Å²) in [6.45, 7) is 1.79. The highest BCUT2D eigenvalue weighted by atomic mass is 16.5. The maximum atomic E-state index is 12.2. The SMILES string of the molecule is CC12C=CC(=O)C=C1C(=O)C=C(c1ccccc1)O2. The monoisotopic (exact) mass is 252 g/mol. The van der Waals surface area contributed by atoms with E-state index in [1.54, 1.807) is 13.0 Å². The lowest BCUT2D eigenvalue weighted by Gasteiger charge is -2.35. The van der Waals surface area contributed by atoms with Gasteiger partial charge in [-0.1, -0.05) is 30.3 Å². The molecule has 0 amide bonds. The Balaban J connectivity index is 2.07. The van der Waals surface area contributed by atoms with Crippen LogP contribution in [0.25, 0.3) is 5.76 Å². The molecule has 1 unspecified atom stereocenters. The van der Waals surface area contributed by atoms with Gasteiger partial charge in [0, 0.05) is 11.6 Å². The molecule has 1 atom stereocenters. The van der Waals surface area contributed by atoms with Gasteiger partial charge in [-0.2, -0.15) is 0 Å². The first-order valence-corrected chi connectivity index (χ1v) is 6.04. The van der Waals surface area contributed by atoms with Crippen LogP contribution in [0.15, 0.2) is 60.2 Å². The first-order chi connectivity index (χ1) is 9.08. The molecule has 1 heterocycles. The van der Waals surface area contributed by atoms with E-state index in [9.17, 15) is 9.59 Å². The Kier molecular flexibility index (Phi) is 2.49. The molecule has 3 rings (SSSR count). The van der Waals surface area contributed by atoms with Crippen molar-refractivity contribution in [2.24, 2.45) is 0 Å². The Bertz CT molecular complexity index is 650. The van der Waals surface area contributed by atoms with Gasteiger partial charge in [-0.05, 0) is 25.2 Å². The summed E-state index contributed by atoms with van der Waals surface area (Å²) in [4.78, 5) is 23.5. The fourth-order valence-corrected chi connectivity index (χ4v) is 2.27. The second kappa shape index (κ2) is 4.05. The number of benzene rings is 1. The van der Waals surface area contributed by atoms with Gasteiger partial charge in [0.1, 0.15) is 5.76 Å². The van der Waals surface area contributed by atoms with Gasteiger partial charge < -0.3 is 4.74 Å².